The van der Waals surface area contributed by atoms with Crippen molar-refractivity contribution in [1.29, 1.82) is 0 Å². The Balaban J connectivity index is 2.05. The lowest BCUT2D eigenvalue weighted by Crippen LogP contribution is -2.28. The lowest BCUT2D eigenvalue weighted by Gasteiger charge is -2.13. The van der Waals surface area contributed by atoms with Gasteiger partial charge in [0.1, 0.15) is 0 Å². The third kappa shape index (κ3) is 5.33. The molecule has 0 fully saturated rings. The molecule has 2 aromatic carbocycles. The van der Waals surface area contributed by atoms with Gasteiger partial charge in [0.2, 0.25) is 0 Å². The standard InChI is InChI=1S/C20H26N2O3S/c1-4-16(5-2)14-21-20(23)17-8-12-19(13-9-17)26(24,25)22-18-10-6-15(3)7-11-18/h6-13,16,22H,4-5,14H2,1-3H3,(H,21,23). The number of hydrogen-bond acceptors (Lipinski definition) is 3. The van der Waals surface area contributed by atoms with Crippen LogP contribution in [0, 0.1) is 12.8 Å². The summed E-state index contributed by atoms with van der Waals surface area (Å²) in [4.78, 5) is 12.3. The van der Waals surface area contributed by atoms with Crippen molar-refractivity contribution in [3.63, 3.8) is 0 Å². The van der Waals surface area contributed by atoms with Crippen molar-refractivity contribution >= 4 is 21.6 Å². The Morgan fingerprint density at radius 2 is 1.54 bits per heavy atom. The van der Waals surface area contributed by atoms with E-state index in [0.717, 1.165) is 18.4 Å². The normalized spacial score (nSPS) is 11.4. The van der Waals surface area contributed by atoms with E-state index in [2.05, 4.69) is 23.9 Å². The van der Waals surface area contributed by atoms with Crippen molar-refractivity contribution < 1.29 is 13.2 Å². The molecule has 140 valence electrons. The number of benzene rings is 2. The van der Waals surface area contributed by atoms with E-state index in [1.807, 2.05) is 19.1 Å². The van der Waals surface area contributed by atoms with E-state index < -0.39 is 10.0 Å². The summed E-state index contributed by atoms with van der Waals surface area (Å²) < 4.78 is 27.4. The Hall–Kier alpha value is -2.34. The van der Waals surface area contributed by atoms with E-state index in [9.17, 15) is 13.2 Å². The first-order valence-electron chi connectivity index (χ1n) is 8.83. The molecule has 5 nitrogen and oxygen atoms in total. The van der Waals surface area contributed by atoms with E-state index in [1.165, 1.54) is 24.3 Å². The average Bonchev–Trinajstić information content (AvgIpc) is 2.64. The minimum atomic E-state index is -3.68. The number of rotatable bonds is 8. The second-order valence-corrected chi connectivity index (χ2v) is 8.07. The Kier molecular flexibility index (Phi) is 6.80. The fourth-order valence-corrected chi connectivity index (χ4v) is 3.60. The molecule has 2 N–H and O–H groups in total. The predicted octanol–water partition coefficient (Wildman–Crippen LogP) is 3.96. The monoisotopic (exact) mass is 374 g/mol. The molecule has 0 aliphatic rings. The minimum absolute atomic E-state index is 0.120. The van der Waals surface area contributed by atoms with Gasteiger partial charge in [-0.2, -0.15) is 0 Å². The summed E-state index contributed by atoms with van der Waals surface area (Å²) in [5, 5.41) is 2.90. The molecule has 0 saturated carbocycles. The maximum absolute atomic E-state index is 12.4. The Bertz CT molecular complexity index is 824. The molecule has 0 saturated heterocycles. The number of anilines is 1. The van der Waals surface area contributed by atoms with Crippen molar-refractivity contribution in [2.75, 3.05) is 11.3 Å². The van der Waals surface area contributed by atoms with Crippen molar-refractivity contribution in [2.45, 2.75) is 38.5 Å². The Morgan fingerprint density at radius 1 is 0.962 bits per heavy atom. The number of nitrogens with one attached hydrogen (secondary N) is 2. The van der Waals surface area contributed by atoms with Crippen LogP contribution in [0.25, 0.3) is 0 Å². The Labute approximate surface area is 155 Å². The van der Waals surface area contributed by atoms with Crippen LogP contribution in [0.3, 0.4) is 0 Å². The van der Waals surface area contributed by atoms with Crippen molar-refractivity contribution in [3.8, 4) is 0 Å². The molecule has 0 aromatic heterocycles. The third-order valence-electron chi connectivity index (χ3n) is 4.44. The highest BCUT2D eigenvalue weighted by molar-refractivity contribution is 7.92. The van der Waals surface area contributed by atoms with Crippen LogP contribution >= 0.6 is 0 Å². The predicted molar refractivity (Wildman–Crippen MR) is 105 cm³/mol. The van der Waals surface area contributed by atoms with Gasteiger partial charge in [0.15, 0.2) is 0 Å². The smallest absolute Gasteiger partial charge is 0.261 e. The molecule has 0 spiro atoms. The fourth-order valence-electron chi connectivity index (χ4n) is 2.54. The first-order valence-corrected chi connectivity index (χ1v) is 10.3. The molecule has 0 radical (unpaired) electrons. The summed E-state index contributed by atoms with van der Waals surface area (Å²) in [6.07, 6.45) is 2.03. The van der Waals surface area contributed by atoms with Crippen LogP contribution < -0.4 is 10.0 Å². The van der Waals surface area contributed by atoms with Crippen LogP contribution in [0.4, 0.5) is 5.69 Å². The number of amides is 1. The van der Waals surface area contributed by atoms with E-state index in [4.69, 9.17) is 0 Å². The van der Waals surface area contributed by atoms with E-state index in [-0.39, 0.29) is 10.8 Å². The highest BCUT2D eigenvalue weighted by atomic mass is 32.2. The van der Waals surface area contributed by atoms with Crippen LogP contribution in [0.1, 0.15) is 42.6 Å². The summed E-state index contributed by atoms with van der Waals surface area (Å²) in [7, 11) is -3.68. The van der Waals surface area contributed by atoms with Gasteiger partial charge >= 0.3 is 0 Å². The molecule has 0 heterocycles. The first kappa shape index (κ1) is 20.0. The molecule has 0 unspecified atom stereocenters. The van der Waals surface area contributed by atoms with Gasteiger partial charge in [0.25, 0.3) is 15.9 Å². The maximum Gasteiger partial charge on any atom is 0.261 e. The molecule has 6 heteroatoms. The highest BCUT2D eigenvalue weighted by Crippen LogP contribution is 2.17. The zero-order chi connectivity index (χ0) is 19.2. The zero-order valence-corrected chi connectivity index (χ0v) is 16.3. The van der Waals surface area contributed by atoms with Gasteiger partial charge in [0, 0.05) is 17.8 Å². The number of sulfonamides is 1. The van der Waals surface area contributed by atoms with E-state index in [0.29, 0.717) is 23.7 Å². The van der Waals surface area contributed by atoms with Crippen molar-refractivity contribution in [3.05, 3.63) is 59.7 Å². The summed E-state index contributed by atoms with van der Waals surface area (Å²) in [6, 6.07) is 13.1. The van der Waals surface area contributed by atoms with Crippen LogP contribution in [0.5, 0.6) is 0 Å². The SMILES string of the molecule is CCC(CC)CNC(=O)c1ccc(S(=O)(=O)Nc2ccc(C)cc2)cc1. The summed E-state index contributed by atoms with van der Waals surface area (Å²) in [5.41, 5.74) is 2.00. The number of carbonyl (C=O) groups excluding carboxylic acids is 1. The largest absolute Gasteiger partial charge is 0.352 e. The molecule has 0 aliphatic heterocycles. The quantitative estimate of drug-likeness (QED) is 0.734. The Morgan fingerprint density at radius 3 is 2.08 bits per heavy atom. The molecule has 0 aliphatic carbocycles. The molecule has 0 atom stereocenters. The second-order valence-electron chi connectivity index (χ2n) is 6.39. The molecular formula is C20H26N2O3S. The molecule has 2 aromatic rings. The first-order chi connectivity index (χ1) is 12.4. The van der Waals surface area contributed by atoms with Gasteiger partial charge in [-0.1, -0.05) is 44.4 Å². The maximum atomic E-state index is 12.4. The topological polar surface area (TPSA) is 75.3 Å². The molecule has 2 rings (SSSR count). The molecule has 26 heavy (non-hydrogen) atoms. The number of aryl methyl sites for hydroxylation is 1. The van der Waals surface area contributed by atoms with Crippen molar-refractivity contribution in [2.24, 2.45) is 5.92 Å². The lowest BCUT2D eigenvalue weighted by molar-refractivity contribution is 0.0946. The van der Waals surface area contributed by atoms with Crippen LogP contribution in [0.2, 0.25) is 0 Å². The summed E-state index contributed by atoms with van der Waals surface area (Å²) >= 11 is 0. The average molecular weight is 375 g/mol. The molecular weight excluding hydrogens is 348 g/mol. The number of hydrogen-bond donors (Lipinski definition) is 2. The number of carbonyl (C=O) groups is 1. The fraction of sp³-hybridized carbons (Fsp3) is 0.350. The van der Waals surface area contributed by atoms with Gasteiger partial charge < -0.3 is 5.32 Å². The van der Waals surface area contributed by atoms with Gasteiger partial charge in [-0.25, -0.2) is 8.42 Å². The van der Waals surface area contributed by atoms with Crippen LogP contribution in [0.15, 0.2) is 53.4 Å². The summed E-state index contributed by atoms with van der Waals surface area (Å²) in [5.74, 6) is 0.268. The minimum Gasteiger partial charge on any atom is -0.352 e. The van der Waals surface area contributed by atoms with Crippen LogP contribution in [-0.4, -0.2) is 20.9 Å². The lowest BCUT2D eigenvalue weighted by atomic mass is 10.0. The van der Waals surface area contributed by atoms with Gasteiger partial charge in [-0.15, -0.1) is 0 Å². The second kappa shape index (κ2) is 8.85. The molecule has 1 amide bonds. The summed E-state index contributed by atoms with van der Waals surface area (Å²) in [6.45, 7) is 6.76. The zero-order valence-electron chi connectivity index (χ0n) is 15.5. The van der Waals surface area contributed by atoms with Crippen LogP contribution in [-0.2, 0) is 10.0 Å². The molecule has 0 bridgehead atoms. The highest BCUT2D eigenvalue weighted by Gasteiger charge is 2.15. The van der Waals surface area contributed by atoms with Gasteiger partial charge in [0.05, 0.1) is 4.90 Å². The van der Waals surface area contributed by atoms with Gasteiger partial charge in [-0.05, 0) is 49.2 Å². The van der Waals surface area contributed by atoms with E-state index >= 15 is 0 Å². The van der Waals surface area contributed by atoms with Crippen molar-refractivity contribution in [1.82, 2.24) is 5.32 Å². The van der Waals surface area contributed by atoms with E-state index in [1.54, 1.807) is 12.1 Å². The van der Waals surface area contributed by atoms with Gasteiger partial charge in [-0.3, -0.25) is 9.52 Å². The third-order valence-corrected chi connectivity index (χ3v) is 5.83.